The second kappa shape index (κ2) is 2.27. The van der Waals surface area contributed by atoms with E-state index in [0.29, 0.717) is 5.92 Å². The molecule has 2 rings (SSSR count). The molecule has 0 spiro atoms. The molecule has 0 N–H and O–H groups in total. The van der Waals surface area contributed by atoms with Gasteiger partial charge in [0.15, 0.2) is 0 Å². The van der Waals surface area contributed by atoms with E-state index in [9.17, 15) is 0 Å². The molecule has 0 nitrogen and oxygen atoms in total. The van der Waals surface area contributed by atoms with Crippen molar-refractivity contribution in [3.63, 3.8) is 0 Å². The quantitative estimate of drug-likeness (QED) is 0.604. The van der Waals surface area contributed by atoms with Gasteiger partial charge in [-0.15, -0.1) is 22.9 Å². The van der Waals surface area contributed by atoms with E-state index < -0.39 is 0 Å². The van der Waals surface area contributed by atoms with Gasteiger partial charge in [-0.2, -0.15) is 0 Å². The van der Waals surface area contributed by atoms with Crippen LogP contribution in [0, 0.1) is 11.3 Å². The molecule has 0 aliphatic heterocycles. The minimum atomic E-state index is -0.0822. The highest BCUT2D eigenvalue weighted by Gasteiger charge is 2.69. The largest absolute Gasteiger partial charge is 0.147 e. The lowest BCUT2D eigenvalue weighted by Crippen LogP contribution is -2.03. The Morgan fingerprint density at radius 2 is 2.08 bits per heavy atom. The Labute approximate surface area is 82.6 Å². The first-order valence-electron chi connectivity index (χ1n) is 4.24. The van der Waals surface area contributed by atoms with Gasteiger partial charge in [0.2, 0.25) is 0 Å². The topological polar surface area (TPSA) is 0 Å². The van der Waals surface area contributed by atoms with Gasteiger partial charge in [0, 0.05) is 4.88 Å². The fourth-order valence-corrected chi connectivity index (χ4v) is 3.63. The molecule has 1 aromatic rings. The molecule has 0 bridgehead atoms. The van der Waals surface area contributed by atoms with Crippen LogP contribution in [0.15, 0.2) is 17.5 Å². The first kappa shape index (κ1) is 8.58. The van der Waals surface area contributed by atoms with E-state index in [1.807, 2.05) is 0 Å². The van der Waals surface area contributed by atoms with Crippen molar-refractivity contribution >= 4 is 22.9 Å². The molecule has 0 amide bonds. The normalized spacial score (nSPS) is 38.2. The van der Waals surface area contributed by atoms with Crippen LogP contribution >= 0.6 is 22.9 Å². The summed E-state index contributed by atoms with van der Waals surface area (Å²) in [6.45, 7) is 6.71. The van der Waals surface area contributed by atoms with Gasteiger partial charge in [-0.25, -0.2) is 0 Å². The summed E-state index contributed by atoms with van der Waals surface area (Å²) >= 11 is 8.33. The Kier molecular flexibility index (Phi) is 1.62. The number of rotatable bonds is 1. The van der Waals surface area contributed by atoms with Gasteiger partial charge < -0.3 is 0 Å². The molecule has 0 aromatic carbocycles. The van der Waals surface area contributed by atoms with Crippen LogP contribution in [0.3, 0.4) is 0 Å². The zero-order chi connectivity index (χ0) is 8.98. The van der Waals surface area contributed by atoms with Gasteiger partial charge in [-0.05, 0) is 22.8 Å². The van der Waals surface area contributed by atoms with E-state index >= 15 is 0 Å². The predicted octanol–water partition coefficient (Wildman–Crippen LogP) is 3.86. The highest BCUT2D eigenvalue weighted by Crippen LogP contribution is 2.72. The van der Waals surface area contributed by atoms with Crippen molar-refractivity contribution in [1.82, 2.24) is 0 Å². The van der Waals surface area contributed by atoms with Gasteiger partial charge in [0.25, 0.3) is 0 Å². The van der Waals surface area contributed by atoms with E-state index in [0.717, 1.165) is 0 Å². The molecule has 2 heteroatoms. The van der Waals surface area contributed by atoms with Gasteiger partial charge in [0.1, 0.15) is 0 Å². The van der Waals surface area contributed by atoms with Gasteiger partial charge in [-0.1, -0.05) is 26.8 Å². The van der Waals surface area contributed by atoms with Crippen LogP contribution in [-0.2, 0) is 4.87 Å². The highest BCUT2D eigenvalue weighted by atomic mass is 35.5. The molecule has 12 heavy (non-hydrogen) atoms. The Morgan fingerprint density at radius 3 is 2.42 bits per heavy atom. The van der Waals surface area contributed by atoms with Gasteiger partial charge in [-0.3, -0.25) is 0 Å². The third-order valence-corrected chi connectivity index (χ3v) is 5.55. The summed E-state index contributed by atoms with van der Waals surface area (Å²) in [6.07, 6.45) is 0. The average molecular weight is 201 g/mol. The predicted molar refractivity (Wildman–Crippen MR) is 54.8 cm³/mol. The maximum absolute atomic E-state index is 6.56. The van der Waals surface area contributed by atoms with Crippen molar-refractivity contribution in [1.29, 1.82) is 0 Å². The van der Waals surface area contributed by atoms with Crippen LogP contribution in [0.25, 0.3) is 0 Å². The molecule has 2 unspecified atom stereocenters. The molecule has 0 radical (unpaired) electrons. The Bertz CT molecular complexity index is 289. The summed E-state index contributed by atoms with van der Waals surface area (Å²) in [4.78, 5) is 1.24. The number of hydrogen-bond donors (Lipinski definition) is 0. The fraction of sp³-hybridized carbons (Fsp3) is 0.600. The average Bonchev–Trinajstić information content (AvgIpc) is 2.53. The lowest BCUT2D eigenvalue weighted by molar-refractivity contribution is 0.565. The Morgan fingerprint density at radius 1 is 1.50 bits per heavy atom. The maximum Gasteiger partial charge on any atom is 0.0872 e. The fourth-order valence-electron chi connectivity index (χ4n) is 1.98. The molecule has 2 atom stereocenters. The first-order chi connectivity index (χ1) is 5.51. The van der Waals surface area contributed by atoms with E-state index in [4.69, 9.17) is 11.6 Å². The minimum Gasteiger partial charge on any atom is -0.147 e. The zero-order valence-electron chi connectivity index (χ0n) is 7.60. The summed E-state index contributed by atoms with van der Waals surface area (Å²) in [5, 5.41) is 2.10. The Balaban J connectivity index is 2.39. The molecule has 1 aliphatic rings. The number of alkyl halides is 1. The summed E-state index contributed by atoms with van der Waals surface area (Å²) in [5.41, 5.74) is 0.263. The summed E-state index contributed by atoms with van der Waals surface area (Å²) in [5.74, 6) is 0.588. The van der Waals surface area contributed by atoms with E-state index in [1.54, 1.807) is 11.3 Å². The molecule has 66 valence electrons. The van der Waals surface area contributed by atoms with Gasteiger partial charge >= 0.3 is 0 Å². The Hall–Kier alpha value is -0.0100. The summed E-state index contributed by atoms with van der Waals surface area (Å²) in [6, 6.07) is 4.22. The van der Waals surface area contributed by atoms with Crippen molar-refractivity contribution in [2.24, 2.45) is 11.3 Å². The van der Waals surface area contributed by atoms with Gasteiger partial charge in [0.05, 0.1) is 4.87 Å². The molecular weight excluding hydrogens is 188 g/mol. The van der Waals surface area contributed by atoms with Crippen LogP contribution < -0.4 is 0 Å². The smallest absolute Gasteiger partial charge is 0.0872 e. The SMILES string of the molecule is CC1C(C)(C)C1(Cl)c1cccs1. The lowest BCUT2D eigenvalue weighted by atomic mass is 10.1. The van der Waals surface area contributed by atoms with Crippen molar-refractivity contribution in [3.05, 3.63) is 22.4 Å². The molecule has 1 heterocycles. The van der Waals surface area contributed by atoms with E-state index in [-0.39, 0.29) is 10.3 Å². The van der Waals surface area contributed by atoms with Crippen LogP contribution in [0.1, 0.15) is 25.6 Å². The molecule has 1 aliphatic carbocycles. The number of thiophene rings is 1. The third-order valence-electron chi connectivity index (χ3n) is 3.41. The van der Waals surface area contributed by atoms with Crippen LogP contribution in [0.2, 0.25) is 0 Å². The molecule has 0 saturated heterocycles. The second-order valence-electron chi connectivity index (χ2n) is 4.13. The lowest BCUT2D eigenvalue weighted by Gasteiger charge is -2.08. The molecular formula is C10H13ClS. The van der Waals surface area contributed by atoms with Crippen LogP contribution in [-0.4, -0.2) is 0 Å². The van der Waals surface area contributed by atoms with E-state index in [1.165, 1.54) is 4.88 Å². The van der Waals surface area contributed by atoms with Crippen molar-refractivity contribution in [2.75, 3.05) is 0 Å². The van der Waals surface area contributed by atoms with Crippen molar-refractivity contribution in [3.8, 4) is 0 Å². The third kappa shape index (κ3) is 0.789. The van der Waals surface area contributed by atoms with Crippen LogP contribution in [0.5, 0.6) is 0 Å². The summed E-state index contributed by atoms with van der Waals surface area (Å²) in [7, 11) is 0. The number of hydrogen-bond acceptors (Lipinski definition) is 1. The molecule has 1 aromatic heterocycles. The molecule has 1 saturated carbocycles. The zero-order valence-corrected chi connectivity index (χ0v) is 9.17. The van der Waals surface area contributed by atoms with Crippen molar-refractivity contribution in [2.45, 2.75) is 25.6 Å². The standard InChI is InChI=1S/C10H13ClS/c1-7-9(2,3)10(7,11)8-5-4-6-12-8/h4-7H,1-3H3. The first-order valence-corrected chi connectivity index (χ1v) is 5.50. The second-order valence-corrected chi connectivity index (χ2v) is 5.68. The van der Waals surface area contributed by atoms with Crippen LogP contribution in [0.4, 0.5) is 0 Å². The summed E-state index contributed by atoms with van der Waals surface area (Å²) < 4.78 is 0. The van der Waals surface area contributed by atoms with Crippen molar-refractivity contribution < 1.29 is 0 Å². The highest BCUT2D eigenvalue weighted by molar-refractivity contribution is 7.10. The monoisotopic (exact) mass is 200 g/mol. The van der Waals surface area contributed by atoms with E-state index in [2.05, 4.69) is 38.3 Å². The minimum absolute atomic E-state index is 0.0822. The maximum atomic E-state index is 6.56. The number of halogens is 1. The molecule has 1 fully saturated rings.